The van der Waals surface area contributed by atoms with Crippen LogP contribution in [-0.2, 0) is 27.3 Å². The summed E-state index contributed by atoms with van der Waals surface area (Å²) >= 11 is 0. The number of hydrogen-bond donors (Lipinski definition) is 3. The van der Waals surface area contributed by atoms with Crippen LogP contribution >= 0.6 is 0 Å². The molecule has 1 aromatic heterocycles. The van der Waals surface area contributed by atoms with E-state index in [1.165, 1.54) is 22.3 Å². The Morgan fingerprint density at radius 2 is 1.76 bits per heavy atom. The van der Waals surface area contributed by atoms with E-state index in [9.17, 15) is 19.6 Å². The monoisotopic (exact) mass is 514 g/mol. The first kappa shape index (κ1) is 30.0. The molecule has 0 radical (unpaired) electrons. The zero-order valence-electron chi connectivity index (χ0n) is 22.5. The van der Waals surface area contributed by atoms with E-state index in [1.807, 2.05) is 58.0 Å². The lowest BCUT2D eigenvalue weighted by atomic mass is 9.81. The van der Waals surface area contributed by atoms with Crippen molar-refractivity contribution in [2.45, 2.75) is 72.8 Å². The van der Waals surface area contributed by atoms with Crippen molar-refractivity contribution >= 4 is 17.7 Å². The molecule has 10 heteroatoms. The topological polar surface area (TPSA) is 129 Å². The minimum absolute atomic E-state index is 0.0626. The van der Waals surface area contributed by atoms with Crippen molar-refractivity contribution in [2.75, 3.05) is 6.54 Å². The first-order valence-electron chi connectivity index (χ1n) is 13.2. The summed E-state index contributed by atoms with van der Waals surface area (Å²) in [6.45, 7) is 8.35. The van der Waals surface area contributed by atoms with Crippen LogP contribution in [0.4, 0.5) is 0 Å². The second kappa shape index (κ2) is 15.8. The van der Waals surface area contributed by atoms with Gasteiger partial charge in [-0.25, -0.2) is 15.1 Å². The molecule has 0 saturated carbocycles. The molecule has 0 saturated heterocycles. The van der Waals surface area contributed by atoms with Crippen molar-refractivity contribution in [2.24, 2.45) is 23.7 Å². The van der Waals surface area contributed by atoms with Crippen molar-refractivity contribution < 1.29 is 19.6 Å². The highest BCUT2D eigenvalue weighted by molar-refractivity contribution is 5.88. The first-order chi connectivity index (χ1) is 17.8. The molecule has 10 nitrogen and oxygen atoms in total. The maximum atomic E-state index is 13.6. The Labute approximate surface area is 219 Å². The predicted octanol–water partition coefficient (Wildman–Crippen LogP) is 3.38. The van der Waals surface area contributed by atoms with E-state index in [-0.39, 0.29) is 24.3 Å². The number of carbonyl (C=O) groups excluding carboxylic acids is 3. The SMILES string of the molecule is CCC(CC)CN(NC(=O)[C@H](CC(C)C)[C@H](CCCc1ccccc1)C(=O)NO)C(=O)Cn1cncn1. The maximum absolute atomic E-state index is 13.6. The van der Waals surface area contributed by atoms with Gasteiger partial charge < -0.3 is 0 Å². The fourth-order valence-corrected chi connectivity index (χ4v) is 4.50. The Bertz CT molecular complexity index is 947. The number of hydroxylamine groups is 1. The number of carbonyl (C=O) groups is 3. The lowest BCUT2D eigenvalue weighted by Crippen LogP contribution is -2.53. The van der Waals surface area contributed by atoms with Crippen LogP contribution in [0.3, 0.4) is 0 Å². The number of nitrogens with zero attached hydrogens (tertiary/aromatic N) is 4. The van der Waals surface area contributed by atoms with Gasteiger partial charge in [-0.05, 0) is 43.1 Å². The van der Waals surface area contributed by atoms with E-state index in [1.54, 1.807) is 5.48 Å². The number of aromatic nitrogens is 3. The second-order valence-corrected chi connectivity index (χ2v) is 9.95. The molecule has 3 N–H and O–H groups in total. The summed E-state index contributed by atoms with van der Waals surface area (Å²) in [5, 5.41) is 14.8. The Morgan fingerprint density at radius 3 is 2.32 bits per heavy atom. The maximum Gasteiger partial charge on any atom is 0.262 e. The summed E-state index contributed by atoms with van der Waals surface area (Å²) in [5.74, 6) is -2.44. The molecule has 0 bridgehead atoms. The van der Waals surface area contributed by atoms with Gasteiger partial charge in [0, 0.05) is 6.54 Å². The van der Waals surface area contributed by atoms with Crippen LogP contribution in [0.5, 0.6) is 0 Å². The zero-order chi connectivity index (χ0) is 27.2. The molecule has 0 aliphatic rings. The van der Waals surface area contributed by atoms with Gasteiger partial charge in [-0.1, -0.05) is 70.9 Å². The molecule has 2 rings (SSSR count). The average Bonchev–Trinajstić information content (AvgIpc) is 3.40. The predicted molar refractivity (Wildman–Crippen MR) is 140 cm³/mol. The smallest absolute Gasteiger partial charge is 0.262 e. The van der Waals surface area contributed by atoms with Gasteiger partial charge in [0.15, 0.2) is 0 Å². The third-order valence-corrected chi connectivity index (χ3v) is 6.72. The van der Waals surface area contributed by atoms with Crippen LogP contribution in [0.15, 0.2) is 43.0 Å². The van der Waals surface area contributed by atoms with E-state index in [4.69, 9.17) is 0 Å². The van der Waals surface area contributed by atoms with E-state index in [0.717, 1.165) is 24.8 Å². The molecule has 3 amide bonds. The first-order valence-corrected chi connectivity index (χ1v) is 13.2. The second-order valence-electron chi connectivity index (χ2n) is 9.95. The highest BCUT2D eigenvalue weighted by atomic mass is 16.5. The van der Waals surface area contributed by atoms with E-state index in [0.29, 0.717) is 25.8 Å². The van der Waals surface area contributed by atoms with Gasteiger partial charge >= 0.3 is 0 Å². The van der Waals surface area contributed by atoms with Crippen LogP contribution in [0.1, 0.15) is 65.4 Å². The number of hydrazine groups is 1. The Balaban J connectivity index is 2.22. The molecule has 2 atom stereocenters. The van der Waals surface area contributed by atoms with E-state index < -0.39 is 23.7 Å². The summed E-state index contributed by atoms with van der Waals surface area (Å²) < 4.78 is 1.41. The van der Waals surface area contributed by atoms with Crippen LogP contribution in [0.25, 0.3) is 0 Å². The van der Waals surface area contributed by atoms with Gasteiger partial charge in [-0.3, -0.25) is 30.0 Å². The standard InChI is InChI=1S/C27H42N6O4/c1-5-21(6-2)16-33(25(34)17-32-19-28-18-29-32)30-26(35)24(15-20(3)4)23(27(36)31-37)14-10-13-22-11-8-7-9-12-22/h7-9,11-12,18-21,23-24,37H,5-6,10,13-17H2,1-4H3,(H,30,35)(H,31,36)/t23-,24+/m0/s1. The number of rotatable bonds is 15. The molecule has 0 unspecified atom stereocenters. The molecule has 0 aliphatic carbocycles. The highest BCUT2D eigenvalue weighted by Gasteiger charge is 2.35. The summed E-state index contributed by atoms with van der Waals surface area (Å²) in [6.07, 6.45) is 6.79. The van der Waals surface area contributed by atoms with Crippen molar-refractivity contribution in [3.8, 4) is 0 Å². The number of hydrogen-bond acceptors (Lipinski definition) is 6. The van der Waals surface area contributed by atoms with Crippen molar-refractivity contribution in [1.29, 1.82) is 0 Å². The Kier molecular flexibility index (Phi) is 12.8. The summed E-state index contributed by atoms with van der Waals surface area (Å²) in [7, 11) is 0. The lowest BCUT2D eigenvalue weighted by Gasteiger charge is -2.31. The summed E-state index contributed by atoms with van der Waals surface area (Å²) in [4.78, 5) is 43.4. The molecule has 1 aromatic carbocycles. The van der Waals surface area contributed by atoms with E-state index >= 15 is 0 Å². The van der Waals surface area contributed by atoms with Gasteiger partial charge in [0.2, 0.25) is 11.8 Å². The largest absolute Gasteiger partial charge is 0.289 e. The Hall–Kier alpha value is -3.27. The number of nitrogens with one attached hydrogen (secondary N) is 2. The molecular formula is C27H42N6O4. The molecule has 0 spiro atoms. The zero-order valence-corrected chi connectivity index (χ0v) is 22.5. The molecule has 0 fully saturated rings. The third-order valence-electron chi connectivity index (χ3n) is 6.72. The van der Waals surface area contributed by atoms with Crippen LogP contribution < -0.4 is 10.9 Å². The minimum atomic E-state index is -0.739. The van der Waals surface area contributed by atoms with Gasteiger partial charge in [0.1, 0.15) is 19.2 Å². The number of benzene rings is 1. The summed E-state index contributed by atoms with van der Waals surface area (Å²) in [5.41, 5.74) is 5.73. The van der Waals surface area contributed by atoms with Crippen LogP contribution in [-0.4, -0.2) is 49.2 Å². The van der Waals surface area contributed by atoms with Crippen LogP contribution in [0.2, 0.25) is 0 Å². The number of aryl methyl sites for hydroxylation is 1. The van der Waals surface area contributed by atoms with E-state index in [2.05, 4.69) is 15.5 Å². The average molecular weight is 515 g/mol. The molecule has 37 heavy (non-hydrogen) atoms. The molecular weight excluding hydrogens is 472 g/mol. The summed E-state index contributed by atoms with van der Waals surface area (Å²) in [6, 6.07) is 9.93. The molecule has 2 aromatic rings. The van der Waals surface area contributed by atoms with Crippen molar-refractivity contribution in [3.63, 3.8) is 0 Å². The van der Waals surface area contributed by atoms with Crippen molar-refractivity contribution in [1.82, 2.24) is 30.7 Å². The normalized spacial score (nSPS) is 12.8. The lowest BCUT2D eigenvalue weighted by molar-refractivity contribution is -0.148. The fraction of sp³-hybridized carbons (Fsp3) is 0.593. The van der Waals surface area contributed by atoms with Crippen LogP contribution in [0, 0.1) is 23.7 Å². The van der Waals surface area contributed by atoms with Gasteiger partial charge in [0.25, 0.3) is 5.91 Å². The van der Waals surface area contributed by atoms with Gasteiger partial charge in [-0.15, -0.1) is 0 Å². The molecule has 204 valence electrons. The fourth-order valence-electron chi connectivity index (χ4n) is 4.50. The minimum Gasteiger partial charge on any atom is -0.289 e. The highest BCUT2D eigenvalue weighted by Crippen LogP contribution is 2.27. The van der Waals surface area contributed by atoms with Gasteiger partial charge in [-0.2, -0.15) is 5.10 Å². The quantitative estimate of drug-likeness (QED) is 0.247. The molecule has 0 aliphatic heterocycles. The Morgan fingerprint density at radius 1 is 1.05 bits per heavy atom. The molecule has 1 heterocycles. The third kappa shape index (κ3) is 9.95. The van der Waals surface area contributed by atoms with Gasteiger partial charge in [0.05, 0.1) is 11.8 Å². The van der Waals surface area contributed by atoms with Crippen molar-refractivity contribution in [3.05, 3.63) is 48.5 Å². The number of amides is 3.